The van der Waals surface area contributed by atoms with E-state index in [2.05, 4.69) is 6.92 Å². The SMILES string of the molecule is CCC/C=C/C(O)C/C=C/[C@H]1[C@H](O)CC(=O)[C@@H]1CCCCCCC(=O)O. The number of aliphatic hydroxyl groups is 2. The van der Waals surface area contributed by atoms with Gasteiger partial charge in [0.25, 0.3) is 0 Å². The number of hydrogen-bond acceptors (Lipinski definition) is 4. The molecule has 148 valence electrons. The molecule has 5 heteroatoms. The molecule has 1 saturated carbocycles. The molecule has 0 aromatic carbocycles. The number of carbonyl (C=O) groups is 2. The molecule has 0 aliphatic heterocycles. The fourth-order valence-electron chi connectivity index (χ4n) is 3.46. The van der Waals surface area contributed by atoms with E-state index in [1.54, 1.807) is 6.08 Å². The van der Waals surface area contributed by atoms with Crippen molar-refractivity contribution in [2.24, 2.45) is 11.8 Å². The molecule has 1 unspecified atom stereocenters. The van der Waals surface area contributed by atoms with E-state index in [0.717, 1.165) is 38.5 Å². The molecule has 1 aliphatic rings. The summed E-state index contributed by atoms with van der Waals surface area (Å²) in [5.41, 5.74) is 0. The van der Waals surface area contributed by atoms with Gasteiger partial charge in [-0.2, -0.15) is 0 Å². The van der Waals surface area contributed by atoms with Crippen LogP contribution in [-0.2, 0) is 9.59 Å². The molecule has 0 heterocycles. The Morgan fingerprint density at radius 1 is 1.23 bits per heavy atom. The van der Waals surface area contributed by atoms with Crippen molar-refractivity contribution in [1.82, 2.24) is 0 Å². The lowest BCUT2D eigenvalue weighted by molar-refractivity contribution is -0.137. The zero-order valence-electron chi connectivity index (χ0n) is 15.8. The molecule has 0 bridgehead atoms. The van der Waals surface area contributed by atoms with Gasteiger partial charge in [0, 0.05) is 24.7 Å². The molecule has 0 spiro atoms. The molecule has 5 nitrogen and oxygen atoms in total. The zero-order chi connectivity index (χ0) is 19.4. The lowest BCUT2D eigenvalue weighted by Crippen LogP contribution is -2.18. The van der Waals surface area contributed by atoms with Crippen LogP contribution in [0.4, 0.5) is 0 Å². The first kappa shape index (κ1) is 22.6. The Morgan fingerprint density at radius 2 is 1.96 bits per heavy atom. The Labute approximate surface area is 156 Å². The summed E-state index contributed by atoms with van der Waals surface area (Å²) in [6.45, 7) is 2.08. The number of ketones is 1. The summed E-state index contributed by atoms with van der Waals surface area (Å²) in [4.78, 5) is 22.6. The number of hydrogen-bond donors (Lipinski definition) is 3. The summed E-state index contributed by atoms with van der Waals surface area (Å²) in [5.74, 6) is -0.987. The Bertz CT molecular complexity index is 483. The minimum atomic E-state index is -0.768. The van der Waals surface area contributed by atoms with Crippen molar-refractivity contribution in [1.29, 1.82) is 0 Å². The monoisotopic (exact) mass is 366 g/mol. The van der Waals surface area contributed by atoms with Gasteiger partial charge in [0.15, 0.2) is 0 Å². The highest BCUT2D eigenvalue weighted by molar-refractivity contribution is 5.84. The second-order valence-electron chi connectivity index (χ2n) is 7.22. The first-order chi connectivity index (χ1) is 12.5. The molecule has 0 aromatic rings. The van der Waals surface area contributed by atoms with Gasteiger partial charge in [-0.3, -0.25) is 9.59 Å². The number of rotatable bonds is 13. The van der Waals surface area contributed by atoms with Gasteiger partial charge in [-0.05, 0) is 25.7 Å². The van der Waals surface area contributed by atoms with Crippen LogP contribution in [0.15, 0.2) is 24.3 Å². The number of Topliss-reactive ketones (excluding diaryl/α,β-unsaturated/α-hetero) is 1. The van der Waals surface area contributed by atoms with Crippen LogP contribution in [0.25, 0.3) is 0 Å². The molecule has 1 rings (SSSR count). The highest BCUT2D eigenvalue weighted by atomic mass is 16.4. The summed E-state index contributed by atoms with van der Waals surface area (Å²) >= 11 is 0. The van der Waals surface area contributed by atoms with E-state index in [4.69, 9.17) is 5.11 Å². The Hall–Kier alpha value is -1.46. The molecule has 4 atom stereocenters. The van der Waals surface area contributed by atoms with Crippen molar-refractivity contribution in [3.8, 4) is 0 Å². The third-order valence-corrected chi connectivity index (χ3v) is 4.94. The number of aliphatic hydroxyl groups excluding tert-OH is 2. The summed E-state index contributed by atoms with van der Waals surface area (Å²) in [5, 5.41) is 28.7. The molecule has 1 fully saturated rings. The normalized spacial score (nSPS) is 24.7. The third-order valence-electron chi connectivity index (χ3n) is 4.94. The van der Waals surface area contributed by atoms with Crippen molar-refractivity contribution < 1.29 is 24.9 Å². The highest BCUT2D eigenvalue weighted by Crippen LogP contribution is 2.34. The van der Waals surface area contributed by atoms with Crippen LogP contribution in [0.2, 0.25) is 0 Å². The Kier molecular flexibility index (Phi) is 11.1. The van der Waals surface area contributed by atoms with E-state index in [-0.39, 0.29) is 30.5 Å². The molecule has 0 radical (unpaired) electrons. The summed E-state index contributed by atoms with van der Waals surface area (Å²) in [6.07, 6.45) is 13.3. The predicted octanol–water partition coefficient (Wildman–Crippen LogP) is 3.64. The van der Waals surface area contributed by atoms with Crippen LogP contribution in [0.1, 0.15) is 71.1 Å². The van der Waals surface area contributed by atoms with Crippen molar-refractivity contribution in [2.45, 2.75) is 83.3 Å². The van der Waals surface area contributed by atoms with Gasteiger partial charge in [-0.1, -0.05) is 56.9 Å². The quantitative estimate of drug-likeness (QED) is 0.342. The second kappa shape index (κ2) is 12.8. The number of carboxylic acids is 1. The predicted molar refractivity (Wildman–Crippen MR) is 102 cm³/mol. The van der Waals surface area contributed by atoms with Crippen LogP contribution in [-0.4, -0.2) is 39.3 Å². The van der Waals surface area contributed by atoms with Crippen LogP contribution >= 0.6 is 0 Å². The Balaban J connectivity index is 2.40. The van der Waals surface area contributed by atoms with Crippen LogP contribution < -0.4 is 0 Å². The molecule has 26 heavy (non-hydrogen) atoms. The average Bonchev–Trinajstić information content (AvgIpc) is 2.84. The number of unbranched alkanes of at least 4 members (excludes halogenated alkanes) is 4. The molecule has 3 N–H and O–H groups in total. The van der Waals surface area contributed by atoms with E-state index in [1.165, 1.54) is 0 Å². The summed E-state index contributed by atoms with van der Waals surface area (Å²) in [6, 6.07) is 0. The Morgan fingerprint density at radius 3 is 2.65 bits per heavy atom. The maximum Gasteiger partial charge on any atom is 0.303 e. The molecular formula is C21H34O5. The van der Waals surface area contributed by atoms with Gasteiger partial charge < -0.3 is 15.3 Å². The maximum absolute atomic E-state index is 12.1. The number of carbonyl (C=O) groups excluding carboxylic acids is 1. The van der Waals surface area contributed by atoms with E-state index in [9.17, 15) is 19.8 Å². The zero-order valence-corrected chi connectivity index (χ0v) is 15.8. The molecule has 0 amide bonds. The highest BCUT2D eigenvalue weighted by Gasteiger charge is 2.39. The van der Waals surface area contributed by atoms with Crippen LogP contribution in [0.5, 0.6) is 0 Å². The van der Waals surface area contributed by atoms with Gasteiger partial charge in [-0.15, -0.1) is 0 Å². The average molecular weight is 366 g/mol. The van der Waals surface area contributed by atoms with E-state index < -0.39 is 18.2 Å². The van der Waals surface area contributed by atoms with Gasteiger partial charge >= 0.3 is 5.97 Å². The largest absolute Gasteiger partial charge is 0.481 e. The first-order valence-electron chi connectivity index (χ1n) is 9.89. The standard InChI is InChI=1S/C21H34O5/c1-2-3-6-10-16(22)11-9-13-18-17(19(23)15-20(18)24)12-7-4-5-8-14-21(25)26/h6,9-10,13,16-18,20,22,24H,2-5,7-8,11-12,14-15H2,1H3,(H,25,26)/b10-6+,13-9+/t16?,17-,18-,20-/m1/s1. The van der Waals surface area contributed by atoms with Crippen molar-refractivity contribution in [2.75, 3.05) is 0 Å². The molecule has 0 aromatic heterocycles. The smallest absolute Gasteiger partial charge is 0.303 e. The van der Waals surface area contributed by atoms with Crippen LogP contribution in [0, 0.1) is 11.8 Å². The minimum absolute atomic E-state index is 0.112. The minimum Gasteiger partial charge on any atom is -0.481 e. The molecular weight excluding hydrogens is 332 g/mol. The summed E-state index contributed by atoms with van der Waals surface area (Å²) < 4.78 is 0. The van der Waals surface area contributed by atoms with E-state index >= 15 is 0 Å². The second-order valence-corrected chi connectivity index (χ2v) is 7.22. The van der Waals surface area contributed by atoms with Gasteiger partial charge in [0.05, 0.1) is 12.2 Å². The van der Waals surface area contributed by atoms with Gasteiger partial charge in [0.2, 0.25) is 0 Å². The third kappa shape index (κ3) is 8.77. The van der Waals surface area contributed by atoms with Crippen molar-refractivity contribution >= 4 is 11.8 Å². The maximum atomic E-state index is 12.1. The van der Waals surface area contributed by atoms with Gasteiger partial charge in [0.1, 0.15) is 5.78 Å². The molecule has 1 aliphatic carbocycles. The number of aliphatic carboxylic acids is 1. The lowest BCUT2D eigenvalue weighted by atomic mass is 9.88. The van der Waals surface area contributed by atoms with Gasteiger partial charge in [-0.25, -0.2) is 0 Å². The summed E-state index contributed by atoms with van der Waals surface area (Å²) in [7, 11) is 0. The van der Waals surface area contributed by atoms with Crippen LogP contribution in [0.3, 0.4) is 0 Å². The molecule has 0 saturated heterocycles. The number of allylic oxidation sites excluding steroid dienone is 1. The van der Waals surface area contributed by atoms with Crippen molar-refractivity contribution in [3.63, 3.8) is 0 Å². The fourth-order valence-corrected chi connectivity index (χ4v) is 3.46. The fraction of sp³-hybridized carbons (Fsp3) is 0.714. The topological polar surface area (TPSA) is 94.8 Å². The number of carboxylic acid groups (broad SMARTS) is 1. The van der Waals surface area contributed by atoms with E-state index in [1.807, 2.05) is 18.2 Å². The first-order valence-corrected chi connectivity index (χ1v) is 9.89. The lowest BCUT2D eigenvalue weighted by Gasteiger charge is -2.17. The van der Waals surface area contributed by atoms with E-state index in [0.29, 0.717) is 12.8 Å². The van der Waals surface area contributed by atoms with Crippen molar-refractivity contribution in [3.05, 3.63) is 24.3 Å².